The van der Waals surface area contributed by atoms with Gasteiger partial charge in [-0.05, 0) is 38.1 Å². The van der Waals surface area contributed by atoms with Crippen molar-refractivity contribution < 1.29 is 27.1 Å². The third-order valence-corrected chi connectivity index (χ3v) is 4.92. The maximum absolute atomic E-state index is 15.0. The van der Waals surface area contributed by atoms with Crippen LogP contribution in [0.5, 0.6) is 5.75 Å². The zero-order chi connectivity index (χ0) is 23.8. The summed E-state index contributed by atoms with van der Waals surface area (Å²) in [4.78, 5) is 16.7. The van der Waals surface area contributed by atoms with Crippen molar-refractivity contribution in [2.24, 2.45) is 0 Å². The highest BCUT2D eigenvalue weighted by molar-refractivity contribution is 6.33. The lowest BCUT2D eigenvalue weighted by atomic mass is 10.0. The van der Waals surface area contributed by atoms with E-state index in [1.807, 2.05) is 0 Å². The molecular formula is C19H15Cl2F4N5O2. The third-order valence-electron chi connectivity index (χ3n) is 4.34. The van der Waals surface area contributed by atoms with Crippen LogP contribution >= 0.6 is 23.2 Å². The number of pyridine rings is 1. The van der Waals surface area contributed by atoms with E-state index in [4.69, 9.17) is 33.7 Å². The molecule has 7 nitrogen and oxygen atoms in total. The van der Waals surface area contributed by atoms with E-state index < -0.39 is 35.3 Å². The Hall–Kier alpha value is -3.05. The monoisotopic (exact) mass is 491 g/mol. The second-order valence-corrected chi connectivity index (χ2v) is 7.43. The SMILES string of the molecule is Cc1n[nH]c(Cl)c1NC(=O)c1cc(F)c(-c2nc(N)ccc2Cl)cc1OC(C)C(F)(F)F. The standard InChI is InChI=1S/C19H15Cl2F4N5O2/c1-7-15(17(21)30-29-7)28-18(31)10-5-12(22)9(16-11(20)3-4-14(26)27-16)6-13(10)32-8(2)19(23,24)25/h3-6,8H,1-2H3,(H2,26,27)(H,28,31)(H,29,30). The Bertz CT molecular complexity index is 1160. The number of carbonyl (C=O) groups excluding carboxylic acids is 1. The van der Waals surface area contributed by atoms with Gasteiger partial charge in [-0.2, -0.15) is 18.3 Å². The first-order valence-corrected chi connectivity index (χ1v) is 9.65. The van der Waals surface area contributed by atoms with Gasteiger partial charge in [0.05, 0.1) is 22.0 Å². The van der Waals surface area contributed by atoms with Gasteiger partial charge in [0.2, 0.25) is 0 Å². The summed E-state index contributed by atoms with van der Waals surface area (Å²) in [6, 6.07) is 4.34. The van der Waals surface area contributed by atoms with Gasteiger partial charge in [0.15, 0.2) is 6.10 Å². The maximum atomic E-state index is 15.0. The zero-order valence-corrected chi connectivity index (χ0v) is 18.0. The Kier molecular flexibility index (Phi) is 6.51. The van der Waals surface area contributed by atoms with Crippen molar-refractivity contribution in [3.63, 3.8) is 0 Å². The van der Waals surface area contributed by atoms with Crippen LogP contribution in [0.4, 0.5) is 29.1 Å². The van der Waals surface area contributed by atoms with Crippen molar-refractivity contribution in [3.05, 3.63) is 51.5 Å². The number of anilines is 2. The molecule has 0 aliphatic rings. The fourth-order valence-electron chi connectivity index (χ4n) is 2.64. The summed E-state index contributed by atoms with van der Waals surface area (Å²) in [5, 5.41) is 8.57. The molecule has 170 valence electrons. The normalized spacial score (nSPS) is 12.5. The van der Waals surface area contributed by atoms with Gasteiger partial charge in [-0.3, -0.25) is 9.89 Å². The van der Waals surface area contributed by atoms with Crippen LogP contribution in [0.15, 0.2) is 24.3 Å². The number of nitrogen functional groups attached to an aromatic ring is 1. The molecular weight excluding hydrogens is 477 g/mol. The number of aromatic nitrogens is 3. The number of hydrogen-bond donors (Lipinski definition) is 3. The summed E-state index contributed by atoms with van der Waals surface area (Å²) in [6.07, 6.45) is -7.06. The predicted molar refractivity (Wildman–Crippen MR) is 111 cm³/mol. The molecule has 1 atom stereocenters. The highest BCUT2D eigenvalue weighted by Gasteiger charge is 2.39. The summed E-state index contributed by atoms with van der Waals surface area (Å²) in [6.45, 7) is 2.27. The Labute approximate surface area is 188 Å². The number of H-pyrrole nitrogens is 1. The number of nitrogens with one attached hydrogen (secondary N) is 2. The van der Waals surface area contributed by atoms with Crippen LogP contribution < -0.4 is 15.8 Å². The minimum absolute atomic E-state index is 0.00169. The number of alkyl halides is 3. The van der Waals surface area contributed by atoms with Crippen molar-refractivity contribution in [1.82, 2.24) is 15.2 Å². The molecule has 3 aromatic rings. The average molecular weight is 492 g/mol. The molecule has 32 heavy (non-hydrogen) atoms. The second-order valence-electron chi connectivity index (χ2n) is 6.65. The van der Waals surface area contributed by atoms with Gasteiger partial charge >= 0.3 is 6.18 Å². The van der Waals surface area contributed by atoms with Crippen LogP contribution in [0.2, 0.25) is 10.2 Å². The number of amides is 1. The summed E-state index contributed by atoms with van der Waals surface area (Å²) < 4.78 is 59.3. The zero-order valence-electron chi connectivity index (χ0n) is 16.4. The Balaban J connectivity index is 2.12. The molecule has 3 rings (SSSR count). The second kappa shape index (κ2) is 8.83. The van der Waals surface area contributed by atoms with Crippen LogP contribution in [-0.2, 0) is 0 Å². The number of nitrogens with two attached hydrogens (primary N) is 1. The highest BCUT2D eigenvalue weighted by Crippen LogP contribution is 2.36. The lowest BCUT2D eigenvalue weighted by Crippen LogP contribution is -2.32. The Morgan fingerprint density at radius 1 is 1.28 bits per heavy atom. The van der Waals surface area contributed by atoms with E-state index in [9.17, 15) is 22.4 Å². The van der Waals surface area contributed by atoms with E-state index in [0.717, 1.165) is 13.0 Å². The molecule has 4 N–H and O–H groups in total. The summed E-state index contributed by atoms with van der Waals surface area (Å²) in [5.41, 5.74) is 5.05. The minimum atomic E-state index is -4.75. The first-order chi connectivity index (χ1) is 14.9. The van der Waals surface area contributed by atoms with Crippen molar-refractivity contribution in [2.75, 3.05) is 11.1 Å². The molecule has 0 spiro atoms. The third kappa shape index (κ3) is 4.89. The lowest BCUT2D eigenvalue weighted by Gasteiger charge is -2.20. The molecule has 0 aliphatic carbocycles. The van der Waals surface area contributed by atoms with Crippen molar-refractivity contribution in [2.45, 2.75) is 26.1 Å². The van der Waals surface area contributed by atoms with E-state index in [2.05, 4.69) is 20.5 Å². The first-order valence-electron chi connectivity index (χ1n) is 8.89. The molecule has 2 heterocycles. The van der Waals surface area contributed by atoms with Gasteiger partial charge in [-0.15, -0.1) is 0 Å². The number of rotatable bonds is 5. The molecule has 1 amide bonds. The predicted octanol–water partition coefficient (Wildman–Crippen LogP) is 5.39. The molecule has 1 aromatic carbocycles. The summed E-state index contributed by atoms with van der Waals surface area (Å²) >= 11 is 12.0. The molecule has 2 aromatic heterocycles. The fraction of sp³-hybridized carbons (Fsp3) is 0.211. The van der Waals surface area contributed by atoms with Gasteiger partial charge in [-0.25, -0.2) is 9.37 Å². The molecule has 0 aliphatic heterocycles. The van der Waals surface area contributed by atoms with Crippen LogP contribution in [0.3, 0.4) is 0 Å². The van der Waals surface area contributed by atoms with Crippen molar-refractivity contribution in [1.29, 1.82) is 0 Å². The van der Waals surface area contributed by atoms with Gasteiger partial charge in [0.25, 0.3) is 5.91 Å². The number of nitrogens with zero attached hydrogens (tertiary/aromatic N) is 2. The number of halogens is 6. The lowest BCUT2D eigenvalue weighted by molar-refractivity contribution is -0.189. The Morgan fingerprint density at radius 2 is 1.97 bits per heavy atom. The molecule has 0 radical (unpaired) electrons. The molecule has 1 unspecified atom stereocenters. The Morgan fingerprint density at radius 3 is 2.56 bits per heavy atom. The van der Waals surface area contributed by atoms with Gasteiger partial charge in [0.1, 0.15) is 28.2 Å². The number of aromatic amines is 1. The van der Waals surface area contributed by atoms with E-state index >= 15 is 0 Å². The molecule has 13 heteroatoms. The number of hydrogen-bond acceptors (Lipinski definition) is 5. The van der Waals surface area contributed by atoms with Crippen LogP contribution in [0.25, 0.3) is 11.3 Å². The smallest absolute Gasteiger partial charge is 0.425 e. The van der Waals surface area contributed by atoms with Crippen LogP contribution in [0.1, 0.15) is 23.0 Å². The van der Waals surface area contributed by atoms with Crippen LogP contribution in [-0.4, -0.2) is 33.4 Å². The fourth-order valence-corrected chi connectivity index (χ4v) is 3.08. The van der Waals surface area contributed by atoms with E-state index in [-0.39, 0.29) is 32.9 Å². The van der Waals surface area contributed by atoms with Crippen molar-refractivity contribution >= 4 is 40.6 Å². The van der Waals surface area contributed by atoms with Gasteiger partial charge in [-0.1, -0.05) is 23.2 Å². The number of ether oxygens (including phenoxy) is 1. The minimum Gasteiger partial charge on any atom is -0.480 e. The van der Waals surface area contributed by atoms with E-state index in [1.165, 1.54) is 19.1 Å². The molecule has 0 saturated heterocycles. The topological polar surface area (TPSA) is 106 Å². The van der Waals surface area contributed by atoms with Crippen LogP contribution in [0, 0.1) is 12.7 Å². The van der Waals surface area contributed by atoms with E-state index in [0.29, 0.717) is 11.8 Å². The molecule has 0 fully saturated rings. The summed E-state index contributed by atoms with van der Waals surface area (Å²) in [5.74, 6) is -2.52. The summed E-state index contributed by atoms with van der Waals surface area (Å²) in [7, 11) is 0. The quantitative estimate of drug-likeness (QED) is 0.415. The number of carbonyl (C=O) groups is 1. The highest BCUT2D eigenvalue weighted by atomic mass is 35.5. The van der Waals surface area contributed by atoms with Gasteiger partial charge in [0, 0.05) is 5.56 Å². The first kappa shape index (κ1) is 23.6. The maximum Gasteiger partial charge on any atom is 0.425 e. The van der Waals surface area contributed by atoms with Gasteiger partial charge < -0.3 is 15.8 Å². The average Bonchev–Trinajstić information content (AvgIpc) is 3.02. The van der Waals surface area contributed by atoms with E-state index in [1.54, 1.807) is 0 Å². The number of benzene rings is 1. The van der Waals surface area contributed by atoms with Crippen molar-refractivity contribution in [3.8, 4) is 17.0 Å². The molecule has 0 saturated carbocycles. The number of aryl methyl sites for hydroxylation is 1. The molecule has 0 bridgehead atoms. The largest absolute Gasteiger partial charge is 0.480 e.